The van der Waals surface area contributed by atoms with Crippen molar-refractivity contribution in [2.24, 2.45) is 0 Å². The van der Waals surface area contributed by atoms with Gasteiger partial charge in [0.05, 0.1) is 22.1 Å². The molecular weight excluding hydrogens is 605 g/mol. The summed E-state index contributed by atoms with van der Waals surface area (Å²) in [5.74, 6) is 0. The van der Waals surface area contributed by atoms with Gasteiger partial charge in [-0.1, -0.05) is 112 Å². The first-order valence-electron chi connectivity index (χ1n) is 17.7. The van der Waals surface area contributed by atoms with Crippen molar-refractivity contribution in [2.75, 3.05) is 4.90 Å². The molecule has 0 amide bonds. The molecule has 0 aliphatic carbocycles. The molecule has 5 heterocycles. The molecule has 0 unspecified atom stereocenters. The molecule has 0 N–H and O–H groups in total. The fourth-order valence-corrected chi connectivity index (χ4v) is 9.67. The highest BCUT2D eigenvalue weighted by Crippen LogP contribution is 2.48. The number of para-hydroxylation sites is 5. The van der Waals surface area contributed by atoms with Gasteiger partial charge in [0.25, 0.3) is 6.71 Å². The van der Waals surface area contributed by atoms with E-state index in [4.69, 9.17) is 0 Å². The molecule has 50 heavy (non-hydrogen) atoms. The van der Waals surface area contributed by atoms with Gasteiger partial charge in [-0.15, -0.1) is 0 Å². The van der Waals surface area contributed by atoms with Gasteiger partial charge < -0.3 is 13.9 Å². The summed E-state index contributed by atoms with van der Waals surface area (Å²) < 4.78 is 5.18. The zero-order valence-corrected chi connectivity index (χ0v) is 28.2. The van der Waals surface area contributed by atoms with Gasteiger partial charge in [-0.05, 0) is 75.9 Å². The Morgan fingerprint density at radius 3 is 1.94 bits per heavy atom. The summed E-state index contributed by atoms with van der Waals surface area (Å²) in [6.07, 6.45) is 0. The summed E-state index contributed by atoms with van der Waals surface area (Å²) in [6, 6.07) is 52.5. The van der Waals surface area contributed by atoms with Crippen LogP contribution in [0.4, 0.5) is 17.1 Å². The van der Waals surface area contributed by atoms with Gasteiger partial charge in [-0.25, -0.2) is 0 Å². The topological polar surface area (TPSA) is 12.6 Å². The standard InChI is InChI=1S/C46H32BN3/c1-46(2,3)27-24-39-42-40(25-27)50-43-30(18-13-20-35(43)47(42)34-19-9-12-23-38(34)48(39)28-14-5-4-6-15-28)33-26-32-29-16-7-10-21-36(29)49-37-22-11-8-17-31(37)41(44(32)49)45(33)50/h4-26H,1-3H3. The van der Waals surface area contributed by atoms with Gasteiger partial charge in [-0.2, -0.15) is 0 Å². The second-order valence-corrected chi connectivity index (χ2v) is 15.3. The zero-order chi connectivity index (χ0) is 33.0. The van der Waals surface area contributed by atoms with Gasteiger partial charge in [0.2, 0.25) is 0 Å². The first-order valence-corrected chi connectivity index (χ1v) is 17.7. The van der Waals surface area contributed by atoms with Crippen LogP contribution >= 0.6 is 0 Å². The van der Waals surface area contributed by atoms with Gasteiger partial charge in [0.1, 0.15) is 0 Å². The summed E-state index contributed by atoms with van der Waals surface area (Å²) in [5.41, 5.74) is 16.9. The molecule has 0 atom stereocenters. The normalized spacial score (nSPS) is 13.8. The van der Waals surface area contributed by atoms with Crippen LogP contribution in [0.5, 0.6) is 0 Å². The predicted molar refractivity (Wildman–Crippen MR) is 213 cm³/mol. The number of benzene rings is 7. The molecule has 0 saturated carbocycles. The molecule has 3 nitrogen and oxygen atoms in total. The Bertz CT molecular complexity index is 3090. The average molecular weight is 638 g/mol. The Morgan fingerprint density at radius 2 is 1.12 bits per heavy atom. The number of rotatable bonds is 1. The minimum Gasteiger partial charge on any atom is -0.311 e. The quantitative estimate of drug-likeness (QED) is 0.163. The summed E-state index contributed by atoms with van der Waals surface area (Å²) >= 11 is 0. The maximum absolute atomic E-state index is 2.67. The van der Waals surface area contributed by atoms with Crippen molar-refractivity contribution in [2.45, 2.75) is 26.2 Å². The number of hydrogen-bond acceptors (Lipinski definition) is 1. The molecule has 2 aliphatic rings. The Labute approximate surface area is 290 Å². The lowest BCUT2D eigenvalue weighted by Gasteiger charge is -2.41. The monoisotopic (exact) mass is 637 g/mol. The van der Waals surface area contributed by atoms with E-state index in [1.807, 2.05) is 0 Å². The van der Waals surface area contributed by atoms with Crippen LogP contribution in [0.1, 0.15) is 26.3 Å². The third-order valence-corrected chi connectivity index (χ3v) is 11.7. The highest BCUT2D eigenvalue weighted by atomic mass is 15.2. The fraction of sp³-hybridized carbons (Fsp3) is 0.0870. The first kappa shape index (κ1) is 26.9. The van der Waals surface area contributed by atoms with E-state index in [-0.39, 0.29) is 12.1 Å². The smallest absolute Gasteiger partial charge is 0.252 e. The molecule has 0 fully saturated rings. The van der Waals surface area contributed by atoms with Crippen LogP contribution in [0, 0.1) is 0 Å². The summed E-state index contributed by atoms with van der Waals surface area (Å²) in [7, 11) is 0. The van der Waals surface area contributed by atoms with Crippen molar-refractivity contribution in [1.82, 2.24) is 8.97 Å². The largest absolute Gasteiger partial charge is 0.311 e. The minimum atomic E-state index is -0.0531. The van der Waals surface area contributed by atoms with E-state index in [0.29, 0.717) is 0 Å². The van der Waals surface area contributed by atoms with Gasteiger partial charge in [-0.3, -0.25) is 0 Å². The average Bonchev–Trinajstić information content (AvgIpc) is 3.78. The number of anilines is 3. The van der Waals surface area contributed by atoms with Crippen LogP contribution < -0.4 is 21.3 Å². The van der Waals surface area contributed by atoms with Crippen LogP contribution in [0.15, 0.2) is 140 Å². The van der Waals surface area contributed by atoms with Crippen molar-refractivity contribution >= 4 is 100 Å². The predicted octanol–water partition coefficient (Wildman–Crippen LogP) is 9.84. The van der Waals surface area contributed by atoms with E-state index in [2.05, 4.69) is 174 Å². The maximum atomic E-state index is 2.67. The Hall–Kier alpha value is -6.00. The van der Waals surface area contributed by atoms with Crippen molar-refractivity contribution in [3.63, 3.8) is 0 Å². The van der Waals surface area contributed by atoms with E-state index in [0.717, 1.165) is 0 Å². The minimum absolute atomic E-state index is 0.0531. The van der Waals surface area contributed by atoms with Gasteiger partial charge >= 0.3 is 0 Å². The van der Waals surface area contributed by atoms with E-state index >= 15 is 0 Å². The molecule has 234 valence electrons. The van der Waals surface area contributed by atoms with Gasteiger partial charge in [0.15, 0.2) is 0 Å². The van der Waals surface area contributed by atoms with Crippen molar-refractivity contribution < 1.29 is 0 Å². The lowest BCUT2D eigenvalue weighted by molar-refractivity contribution is 0.590. The van der Waals surface area contributed by atoms with E-state index in [1.165, 1.54) is 105 Å². The molecule has 2 aliphatic heterocycles. The molecule has 7 aromatic carbocycles. The SMILES string of the molecule is CC(C)(C)c1cc2c3c(c1)-n1c4c(cccc4c4cc5c6ccccc6n6c7ccccc7c(c41)c56)B3c1ccccc1N2c1ccccc1. The summed E-state index contributed by atoms with van der Waals surface area (Å²) in [6.45, 7) is 7.16. The maximum Gasteiger partial charge on any atom is 0.252 e. The summed E-state index contributed by atoms with van der Waals surface area (Å²) in [4.78, 5) is 2.51. The highest BCUT2D eigenvalue weighted by molar-refractivity contribution is 7.00. The van der Waals surface area contributed by atoms with Crippen molar-refractivity contribution in [3.05, 3.63) is 145 Å². The number of nitrogens with zero attached hydrogens (tertiary/aromatic N) is 3. The number of fused-ring (bicyclic) bond motifs is 14. The third kappa shape index (κ3) is 3.10. The molecule has 0 saturated heterocycles. The number of aromatic nitrogens is 2. The summed E-state index contributed by atoms with van der Waals surface area (Å²) in [5, 5.41) is 7.94. The molecule has 12 rings (SSSR count). The lowest BCUT2D eigenvalue weighted by Crippen LogP contribution is -2.60. The third-order valence-electron chi connectivity index (χ3n) is 11.7. The second kappa shape index (κ2) is 8.96. The molecule has 3 aromatic heterocycles. The van der Waals surface area contributed by atoms with Crippen LogP contribution in [0.25, 0.3) is 65.6 Å². The van der Waals surface area contributed by atoms with Crippen LogP contribution in [-0.4, -0.2) is 15.7 Å². The molecule has 0 radical (unpaired) electrons. The molecule has 0 bridgehead atoms. The van der Waals surface area contributed by atoms with Crippen LogP contribution in [-0.2, 0) is 5.41 Å². The van der Waals surface area contributed by atoms with Gasteiger partial charge in [0, 0.05) is 60.6 Å². The highest BCUT2D eigenvalue weighted by Gasteiger charge is 2.43. The molecule has 0 spiro atoms. The Balaban J connectivity index is 1.35. The van der Waals surface area contributed by atoms with Crippen LogP contribution in [0.2, 0.25) is 0 Å². The lowest BCUT2D eigenvalue weighted by atomic mass is 9.33. The molecule has 10 aromatic rings. The fourth-order valence-electron chi connectivity index (χ4n) is 9.67. The van der Waals surface area contributed by atoms with E-state index < -0.39 is 0 Å². The zero-order valence-electron chi connectivity index (χ0n) is 28.2. The Morgan fingerprint density at radius 1 is 0.480 bits per heavy atom. The first-order chi connectivity index (χ1) is 24.5. The second-order valence-electron chi connectivity index (χ2n) is 15.3. The van der Waals surface area contributed by atoms with Crippen molar-refractivity contribution in [1.29, 1.82) is 0 Å². The van der Waals surface area contributed by atoms with E-state index in [9.17, 15) is 0 Å². The number of hydrogen-bond donors (Lipinski definition) is 0. The molecular formula is C46H32BN3. The Kier molecular flexibility index (Phi) is 4.82. The van der Waals surface area contributed by atoms with E-state index in [1.54, 1.807) is 0 Å². The van der Waals surface area contributed by atoms with Crippen LogP contribution in [0.3, 0.4) is 0 Å². The van der Waals surface area contributed by atoms with Crippen molar-refractivity contribution in [3.8, 4) is 5.69 Å². The molecule has 4 heteroatoms.